The first kappa shape index (κ1) is 35.9. The summed E-state index contributed by atoms with van der Waals surface area (Å²) in [6.45, 7) is 4.58. The lowest BCUT2D eigenvalue weighted by Crippen LogP contribution is -2.34. The van der Waals surface area contributed by atoms with E-state index in [1.54, 1.807) is 0 Å². The number of unbranched alkanes of at least 4 members (excludes halogenated alkanes) is 26. The van der Waals surface area contributed by atoms with E-state index in [9.17, 15) is 5.11 Å². The third kappa shape index (κ3) is 28.5. The average Bonchev–Trinajstić information content (AvgIpc) is 2.88. The van der Waals surface area contributed by atoms with Gasteiger partial charge in [-0.25, -0.2) is 0 Å². The maximum atomic E-state index is 10.4. The van der Waals surface area contributed by atoms with Gasteiger partial charge in [0, 0.05) is 6.04 Å². The summed E-state index contributed by atoms with van der Waals surface area (Å²) >= 11 is 0. The molecule has 0 rings (SSSR count). The molecule has 0 amide bonds. The highest BCUT2D eigenvalue weighted by Crippen LogP contribution is 2.17. The Bertz CT molecular complexity index is 349. The van der Waals surface area contributed by atoms with Gasteiger partial charge in [0.1, 0.15) is 0 Å². The highest BCUT2D eigenvalue weighted by Gasteiger charge is 2.13. The Hall–Kier alpha value is -0.0800. The van der Waals surface area contributed by atoms with Crippen LogP contribution in [0.4, 0.5) is 0 Å². The van der Waals surface area contributed by atoms with Crippen molar-refractivity contribution in [2.75, 3.05) is 0 Å². The maximum Gasteiger partial charge on any atom is 0.0691 e. The first-order valence-corrected chi connectivity index (χ1v) is 17.2. The van der Waals surface area contributed by atoms with Crippen LogP contribution in [0.15, 0.2) is 0 Å². The summed E-state index contributed by atoms with van der Waals surface area (Å²) in [5.74, 6) is 0. The summed E-state index contributed by atoms with van der Waals surface area (Å²) in [4.78, 5) is 0. The minimum atomic E-state index is -0.288. The fourth-order valence-electron chi connectivity index (χ4n) is 5.53. The van der Waals surface area contributed by atoms with Crippen molar-refractivity contribution in [2.45, 2.75) is 219 Å². The van der Waals surface area contributed by atoms with E-state index in [4.69, 9.17) is 5.73 Å². The summed E-state index contributed by atoms with van der Waals surface area (Å²) in [7, 11) is 0. The lowest BCUT2D eigenvalue weighted by molar-refractivity contribution is 0.126. The third-order valence-electron chi connectivity index (χ3n) is 8.24. The zero-order valence-electron chi connectivity index (χ0n) is 25.4. The summed E-state index contributed by atoms with van der Waals surface area (Å²) in [6.07, 6.45) is 40.4. The van der Waals surface area contributed by atoms with Crippen molar-refractivity contribution in [3.05, 3.63) is 0 Å². The minimum absolute atomic E-state index is 0.00991. The first-order valence-electron chi connectivity index (χ1n) is 17.2. The molecule has 0 aromatic rings. The summed E-state index contributed by atoms with van der Waals surface area (Å²) in [5, 5.41) is 10.4. The fraction of sp³-hybridized carbons (Fsp3) is 1.00. The second kappa shape index (κ2) is 31.1. The van der Waals surface area contributed by atoms with E-state index in [-0.39, 0.29) is 12.1 Å². The molecule has 0 saturated heterocycles. The molecule has 218 valence electrons. The molecule has 0 aliphatic carbocycles. The smallest absolute Gasteiger partial charge is 0.0691 e. The molecule has 0 heterocycles. The van der Waals surface area contributed by atoms with E-state index in [0.717, 1.165) is 19.3 Å². The predicted molar refractivity (Wildman–Crippen MR) is 164 cm³/mol. The molecule has 2 nitrogen and oxygen atoms in total. The van der Waals surface area contributed by atoms with Gasteiger partial charge in [-0.1, -0.05) is 194 Å². The second-order valence-electron chi connectivity index (χ2n) is 12.0. The van der Waals surface area contributed by atoms with Crippen molar-refractivity contribution in [1.29, 1.82) is 0 Å². The largest absolute Gasteiger partial charge is 0.392 e. The maximum absolute atomic E-state index is 10.4. The summed E-state index contributed by atoms with van der Waals surface area (Å²) in [5.41, 5.74) is 6.27. The lowest BCUT2D eigenvalue weighted by Gasteiger charge is -2.18. The van der Waals surface area contributed by atoms with Crippen LogP contribution in [-0.2, 0) is 0 Å². The SMILES string of the molecule is CCCCCCCCCCCCCCCCC(N)C(O)CCCCCCCCCCCCCCCC. The molecular formula is C34H71NO. The van der Waals surface area contributed by atoms with Gasteiger partial charge >= 0.3 is 0 Å². The molecule has 2 unspecified atom stereocenters. The van der Waals surface area contributed by atoms with Gasteiger partial charge in [-0.3, -0.25) is 0 Å². The van der Waals surface area contributed by atoms with Crippen molar-refractivity contribution in [1.82, 2.24) is 0 Å². The average molecular weight is 510 g/mol. The van der Waals surface area contributed by atoms with Crippen molar-refractivity contribution in [2.24, 2.45) is 5.73 Å². The summed E-state index contributed by atoms with van der Waals surface area (Å²) in [6, 6.07) is -0.00991. The molecule has 0 bridgehead atoms. The van der Waals surface area contributed by atoms with Crippen LogP contribution in [0.1, 0.15) is 206 Å². The van der Waals surface area contributed by atoms with E-state index < -0.39 is 0 Å². The topological polar surface area (TPSA) is 46.2 Å². The highest BCUT2D eigenvalue weighted by atomic mass is 16.3. The Morgan fingerprint density at radius 1 is 0.361 bits per heavy atom. The molecule has 2 heteroatoms. The molecule has 3 N–H and O–H groups in total. The zero-order valence-corrected chi connectivity index (χ0v) is 25.4. The number of rotatable bonds is 31. The monoisotopic (exact) mass is 510 g/mol. The molecule has 0 saturated carbocycles. The van der Waals surface area contributed by atoms with Crippen LogP contribution in [0.25, 0.3) is 0 Å². The van der Waals surface area contributed by atoms with E-state index in [2.05, 4.69) is 13.8 Å². The number of nitrogens with two attached hydrogens (primary N) is 1. The first-order chi connectivity index (χ1) is 17.7. The minimum Gasteiger partial charge on any atom is -0.392 e. The second-order valence-corrected chi connectivity index (χ2v) is 12.0. The number of hydrogen-bond donors (Lipinski definition) is 2. The van der Waals surface area contributed by atoms with Gasteiger partial charge in [0.15, 0.2) is 0 Å². The van der Waals surface area contributed by atoms with E-state index in [1.807, 2.05) is 0 Å². The van der Waals surface area contributed by atoms with Crippen LogP contribution in [0.2, 0.25) is 0 Å². The van der Waals surface area contributed by atoms with E-state index in [1.165, 1.54) is 173 Å². The normalized spacial score (nSPS) is 13.3. The Kier molecular flexibility index (Phi) is 31.1. The van der Waals surface area contributed by atoms with E-state index >= 15 is 0 Å². The van der Waals surface area contributed by atoms with Crippen LogP contribution in [0.5, 0.6) is 0 Å². The molecule has 0 aliphatic heterocycles. The van der Waals surface area contributed by atoms with Crippen molar-refractivity contribution in [3.63, 3.8) is 0 Å². The number of aliphatic hydroxyl groups excluding tert-OH is 1. The van der Waals surface area contributed by atoms with Crippen LogP contribution >= 0.6 is 0 Å². The Labute approximate surface area is 229 Å². The third-order valence-corrected chi connectivity index (χ3v) is 8.24. The van der Waals surface area contributed by atoms with Crippen LogP contribution in [0, 0.1) is 0 Å². The molecule has 0 aliphatic rings. The molecule has 0 fully saturated rings. The predicted octanol–water partition coefficient (Wildman–Crippen LogP) is 11.4. The van der Waals surface area contributed by atoms with E-state index in [0.29, 0.717) is 0 Å². The standard InChI is InChI=1S/C34H71NO/c1-3-5-7-9-11-13-15-17-19-21-23-25-27-29-31-33(35)34(36)32-30-28-26-24-22-20-18-16-14-12-10-8-6-4-2/h33-34,36H,3-32,35H2,1-2H3. The van der Waals surface area contributed by atoms with Gasteiger partial charge in [0.05, 0.1) is 6.10 Å². The fourth-order valence-corrected chi connectivity index (χ4v) is 5.53. The quantitative estimate of drug-likeness (QED) is 0.0912. The van der Waals surface area contributed by atoms with Crippen LogP contribution < -0.4 is 5.73 Å². The molecule has 0 aromatic carbocycles. The molecule has 0 radical (unpaired) electrons. The number of aliphatic hydroxyl groups is 1. The zero-order chi connectivity index (χ0) is 26.4. The Balaban J connectivity index is 3.27. The van der Waals surface area contributed by atoms with Crippen molar-refractivity contribution < 1.29 is 5.11 Å². The Morgan fingerprint density at radius 3 is 0.861 bits per heavy atom. The van der Waals surface area contributed by atoms with Gasteiger partial charge in [-0.2, -0.15) is 0 Å². The van der Waals surface area contributed by atoms with Gasteiger partial charge in [-0.05, 0) is 12.8 Å². The lowest BCUT2D eigenvalue weighted by atomic mass is 9.98. The van der Waals surface area contributed by atoms with Gasteiger partial charge in [-0.15, -0.1) is 0 Å². The van der Waals surface area contributed by atoms with Crippen molar-refractivity contribution >= 4 is 0 Å². The molecule has 2 atom stereocenters. The van der Waals surface area contributed by atoms with Crippen LogP contribution in [0.3, 0.4) is 0 Å². The van der Waals surface area contributed by atoms with Gasteiger partial charge < -0.3 is 10.8 Å². The highest BCUT2D eigenvalue weighted by molar-refractivity contribution is 4.72. The number of hydrogen-bond acceptors (Lipinski definition) is 2. The van der Waals surface area contributed by atoms with Gasteiger partial charge in [0.25, 0.3) is 0 Å². The molecular weight excluding hydrogens is 438 g/mol. The van der Waals surface area contributed by atoms with Crippen LogP contribution in [-0.4, -0.2) is 17.3 Å². The molecule has 36 heavy (non-hydrogen) atoms. The van der Waals surface area contributed by atoms with Gasteiger partial charge in [0.2, 0.25) is 0 Å². The van der Waals surface area contributed by atoms with Crippen molar-refractivity contribution in [3.8, 4) is 0 Å². The summed E-state index contributed by atoms with van der Waals surface area (Å²) < 4.78 is 0. The molecule has 0 spiro atoms. The molecule has 0 aromatic heterocycles. The Morgan fingerprint density at radius 2 is 0.583 bits per heavy atom.